The fourth-order valence-electron chi connectivity index (χ4n) is 2.22. The summed E-state index contributed by atoms with van der Waals surface area (Å²) in [5, 5.41) is 3.81. The molecule has 0 aliphatic carbocycles. The average molecular weight is 301 g/mol. The van der Waals surface area contributed by atoms with Gasteiger partial charge < -0.3 is 5.32 Å². The summed E-state index contributed by atoms with van der Waals surface area (Å²) in [6, 6.07) is 12.7. The summed E-state index contributed by atoms with van der Waals surface area (Å²) in [5.41, 5.74) is 1.88. The molecule has 1 N–H and O–H groups in total. The standard InChI is InChI=1S/C17H12F3N2/c1-11-4-2-3-5-14(11)22-15-8-9-21-16-10-12(17(18,19)20)6-7-13(15)16/h2-10H,1H2,(H,21,22). The van der Waals surface area contributed by atoms with Crippen molar-refractivity contribution in [3.8, 4) is 0 Å². The number of rotatable bonds is 2. The third-order valence-electron chi connectivity index (χ3n) is 3.36. The first-order chi connectivity index (χ1) is 10.4. The van der Waals surface area contributed by atoms with E-state index in [9.17, 15) is 13.2 Å². The Morgan fingerprint density at radius 2 is 1.73 bits per heavy atom. The predicted octanol–water partition coefficient (Wildman–Crippen LogP) is 5.18. The van der Waals surface area contributed by atoms with Crippen molar-refractivity contribution in [2.75, 3.05) is 5.32 Å². The lowest BCUT2D eigenvalue weighted by atomic mass is 10.1. The van der Waals surface area contributed by atoms with E-state index in [1.807, 2.05) is 24.3 Å². The van der Waals surface area contributed by atoms with E-state index in [4.69, 9.17) is 0 Å². The highest BCUT2D eigenvalue weighted by molar-refractivity contribution is 5.93. The number of pyridine rings is 1. The zero-order valence-electron chi connectivity index (χ0n) is 11.5. The Hall–Kier alpha value is -2.56. The van der Waals surface area contributed by atoms with Crippen molar-refractivity contribution < 1.29 is 13.2 Å². The lowest BCUT2D eigenvalue weighted by molar-refractivity contribution is -0.137. The molecule has 1 aromatic heterocycles. The first-order valence-corrected chi connectivity index (χ1v) is 6.59. The first kappa shape index (κ1) is 14.4. The minimum absolute atomic E-state index is 0.293. The third-order valence-corrected chi connectivity index (χ3v) is 3.36. The monoisotopic (exact) mass is 301 g/mol. The number of nitrogens with one attached hydrogen (secondary N) is 1. The third kappa shape index (κ3) is 2.74. The molecule has 22 heavy (non-hydrogen) atoms. The molecule has 0 unspecified atom stereocenters. The Balaban J connectivity index is 2.06. The summed E-state index contributed by atoms with van der Waals surface area (Å²) in [5.74, 6) is 0. The van der Waals surface area contributed by atoms with Crippen molar-refractivity contribution in [2.45, 2.75) is 6.18 Å². The minimum Gasteiger partial charge on any atom is -0.355 e. The van der Waals surface area contributed by atoms with E-state index in [0.29, 0.717) is 16.6 Å². The quantitative estimate of drug-likeness (QED) is 0.705. The molecule has 1 heterocycles. The fraction of sp³-hybridized carbons (Fsp3) is 0.0588. The first-order valence-electron chi connectivity index (χ1n) is 6.59. The molecule has 0 aliphatic heterocycles. The van der Waals surface area contributed by atoms with Gasteiger partial charge >= 0.3 is 6.18 Å². The van der Waals surface area contributed by atoms with Gasteiger partial charge in [0, 0.05) is 23.0 Å². The summed E-state index contributed by atoms with van der Waals surface area (Å²) in [4.78, 5) is 4.02. The van der Waals surface area contributed by atoms with Gasteiger partial charge in [0.15, 0.2) is 0 Å². The second kappa shape index (κ2) is 5.33. The number of halogens is 3. The van der Waals surface area contributed by atoms with Gasteiger partial charge in [-0.25, -0.2) is 0 Å². The highest BCUT2D eigenvalue weighted by atomic mass is 19.4. The molecule has 2 aromatic carbocycles. The molecule has 0 saturated carbocycles. The number of anilines is 2. The van der Waals surface area contributed by atoms with Crippen LogP contribution >= 0.6 is 0 Å². The second-order valence-corrected chi connectivity index (χ2v) is 4.87. The van der Waals surface area contributed by atoms with Gasteiger partial charge in [0.05, 0.1) is 11.1 Å². The molecule has 0 amide bonds. The van der Waals surface area contributed by atoms with Gasteiger partial charge in [0.2, 0.25) is 0 Å². The van der Waals surface area contributed by atoms with Crippen molar-refractivity contribution in [3.05, 3.63) is 72.8 Å². The normalized spacial score (nSPS) is 11.6. The van der Waals surface area contributed by atoms with Crippen LogP contribution in [0.25, 0.3) is 10.9 Å². The van der Waals surface area contributed by atoms with E-state index in [0.717, 1.165) is 23.4 Å². The highest BCUT2D eigenvalue weighted by Gasteiger charge is 2.30. The molecular formula is C17H12F3N2. The molecule has 1 radical (unpaired) electrons. The molecule has 3 rings (SSSR count). The lowest BCUT2D eigenvalue weighted by Crippen LogP contribution is -2.04. The number of hydrogen-bond acceptors (Lipinski definition) is 2. The van der Waals surface area contributed by atoms with Crippen molar-refractivity contribution in [3.63, 3.8) is 0 Å². The molecule has 5 heteroatoms. The van der Waals surface area contributed by atoms with Gasteiger partial charge in [-0.05, 0) is 36.8 Å². The van der Waals surface area contributed by atoms with Crippen LogP contribution in [0, 0.1) is 6.92 Å². The van der Waals surface area contributed by atoms with Gasteiger partial charge in [0.1, 0.15) is 0 Å². The minimum atomic E-state index is -4.38. The maximum absolute atomic E-state index is 12.8. The molecular weight excluding hydrogens is 289 g/mol. The van der Waals surface area contributed by atoms with Crippen molar-refractivity contribution >= 4 is 22.3 Å². The Labute approximate surface area is 125 Å². The Kier molecular flexibility index (Phi) is 3.48. The van der Waals surface area contributed by atoms with Gasteiger partial charge in [-0.2, -0.15) is 13.2 Å². The number of benzene rings is 2. The van der Waals surface area contributed by atoms with Gasteiger partial charge in [-0.15, -0.1) is 0 Å². The van der Waals surface area contributed by atoms with Crippen LogP contribution in [0.2, 0.25) is 0 Å². The van der Waals surface area contributed by atoms with E-state index < -0.39 is 11.7 Å². The topological polar surface area (TPSA) is 24.9 Å². The predicted molar refractivity (Wildman–Crippen MR) is 80.9 cm³/mol. The molecule has 0 atom stereocenters. The summed E-state index contributed by atoms with van der Waals surface area (Å²) in [6.07, 6.45) is -2.89. The van der Waals surface area contributed by atoms with Crippen molar-refractivity contribution in [1.82, 2.24) is 4.98 Å². The van der Waals surface area contributed by atoms with E-state index in [1.165, 1.54) is 12.3 Å². The summed E-state index contributed by atoms with van der Waals surface area (Å²) in [7, 11) is 0. The number of para-hydroxylation sites is 1. The molecule has 0 spiro atoms. The van der Waals surface area contributed by atoms with Crippen LogP contribution in [0.15, 0.2) is 54.7 Å². The van der Waals surface area contributed by atoms with E-state index in [2.05, 4.69) is 17.2 Å². The van der Waals surface area contributed by atoms with Crippen molar-refractivity contribution in [2.24, 2.45) is 0 Å². The van der Waals surface area contributed by atoms with Crippen LogP contribution in [0.3, 0.4) is 0 Å². The molecule has 0 bridgehead atoms. The van der Waals surface area contributed by atoms with Gasteiger partial charge in [-0.1, -0.05) is 24.3 Å². The highest BCUT2D eigenvalue weighted by Crippen LogP contribution is 2.33. The molecule has 111 valence electrons. The van der Waals surface area contributed by atoms with E-state index in [1.54, 1.807) is 6.07 Å². The van der Waals surface area contributed by atoms with Crippen LogP contribution in [0.4, 0.5) is 24.5 Å². The number of nitrogens with zero attached hydrogens (tertiary/aromatic N) is 1. The number of hydrogen-bond donors (Lipinski definition) is 1. The second-order valence-electron chi connectivity index (χ2n) is 4.87. The fourth-order valence-corrected chi connectivity index (χ4v) is 2.22. The molecule has 2 nitrogen and oxygen atoms in total. The zero-order chi connectivity index (χ0) is 15.7. The van der Waals surface area contributed by atoms with Crippen LogP contribution in [-0.4, -0.2) is 4.98 Å². The van der Waals surface area contributed by atoms with Crippen LogP contribution in [-0.2, 0) is 6.18 Å². The Morgan fingerprint density at radius 1 is 0.955 bits per heavy atom. The van der Waals surface area contributed by atoms with Gasteiger partial charge in [-0.3, -0.25) is 4.98 Å². The summed E-state index contributed by atoms with van der Waals surface area (Å²) >= 11 is 0. The van der Waals surface area contributed by atoms with Crippen molar-refractivity contribution in [1.29, 1.82) is 0 Å². The Morgan fingerprint density at radius 3 is 2.45 bits per heavy atom. The maximum atomic E-state index is 12.8. The summed E-state index contributed by atoms with van der Waals surface area (Å²) < 4.78 is 38.3. The van der Waals surface area contributed by atoms with Crippen LogP contribution in [0.1, 0.15) is 11.1 Å². The zero-order valence-corrected chi connectivity index (χ0v) is 11.5. The average Bonchev–Trinajstić information content (AvgIpc) is 2.48. The SMILES string of the molecule is [CH2]c1ccccc1Nc1ccnc2cc(C(F)(F)F)ccc12. The smallest absolute Gasteiger partial charge is 0.355 e. The number of aromatic nitrogens is 1. The van der Waals surface area contributed by atoms with E-state index in [-0.39, 0.29) is 0 Å². The van der Waals surface area contributed by atoms with Crippen LogP contribution < -0.4 is 5.32 Å². The lowest BCUT2D eigenvalue weighted by Gasteiger charge is -2.13. The summed E-state index contributed by atoms with van der Waals surface area (Å²) in [6.45, 7) is 3.92. The molecule has 0 saturated heterocycles. The number of alkyl halides is 3. The molecule has 3 aromatic rings. The van der Waals surface area contributed by atoms with Crippen LogP contribution in [0.5, 0.6) is 0 Å². The van der Waals surface area contributed by atoms with Gasteiger partial charge in [0.25, 0.3) is 0 Å². The molecule has 0 fully saturated rings. The van der Waals surface area contributed by atoms with E-state index >= 15 is 0 Å². The molecule has 0 aliphatic rings. The maximum Gasteiger partial charge on any atom is 0.416 e. The largest absolute Gasteiger partial charge is 0.416 e. The number of fused-ring (bicyclic) bond motifs is 1. The Bertz CT molecular complexity index is 825.